The van der Waals surface area contributed by atoms with Crippen LogP contribution in [0.2, 0.25) is 0 Å². The first-order chi connectivity index (χ1) is 13.3. The van der Waals surface area contributed by atoms with Crippen LogP contribution < -0.4 is 5.32 Å². The Hall–Kier alpha value is -2.51. The van der Waals surface area contributed by atoms with Crippen molar-refractivity contribution in [1.82, 2.24) is 14.7 Å². The SMILES string of the molecule is Cc1ccc([C@H]2C[C@@H](C(F)(F)F)n3ncc(C(=O)N4CCCCC4)c3N2)cc1. The normalized spacial score (nSPS) is 22.5. The molecule has 1 aromatic carbocycles. The largest absolute Gasteiger partial charge is 0.410 e. The molecule has 150 valence electrons. The number of carbonyl (C=O) groups excluding carboxylic acids is 1. The summed E-state index contributed by atoms with van der Waals surface area (Å²) in [6.07, 6.45) is -0.440. The molecule has 2 aliphatic rings. The number of anilines is 1. The number of rotatable bonds is 2. The molecule has 1 aromatic heterocycles. The van der Waals surface area contributed by atoms with E-state index in [1.807, 2.05) is 31.2 Å². The number of nitrogens with zero attached hydrogens (tertiary/aromatic N) is 3. The average Bonchev–Trinajstić information content (AvgIpc) is 3.11. The summed E-state index contributed by atoms with van der Waals surface area (Å²) in [5.41, 5.74) is 2.02. The lowest BCUT2D eigenvalue weighted by Gasteiger charge is -2.34. The fraction of sp³-hybridized carbons (Fsp3) is 0.500. The van der Waals surface area contributed by atoms with Gasteiger partial charge in [0, 0.05) is 19.5 Å². The van der Waals surface area contributed by atoms with Crippen molar-refractivity contribution in [3.05, 3.63) is 47.2 Å². The number of likely N-dealkylation sites (tertiary alicyclic amines) is 1. The Bertz CT molecular complexity index is 853. The van der Waals surface area contributed by atoms with E-state index in [0.717, 1.165) is 35.1 Å². The van der Waals surface area contributed by atoms with Crippen LogP contribution in [0.3, 0.4) is 0 Å². The summed E-state index contributed by atoms with van der Waals surface area (Å²) in [5.74, 6) is -0.0892. The average molecular weight is 392 g/mol. The number of nitrogens with one attached hydrogen (secondary N) is 1. The highest BCUT2D eigenvalue weighted by Gasteiger charge is 2.47. The smallest absolute Gasteiger partial charge is 0.363 e. The molecule has 2 atom stereocenters. The molecule has 2 aliphatic heterocycles. The van der Waals surface area contributed by atoms with Gasteiger partial charge in [-0.3, -0.25) is 4.79 Å². The third-order valence-electron chi connectivity index (χ3n) is 5.59. The van der Waals surface area contributed by atoms with Gasteiger partial charge in [0.25, 0.3) is 5.91 Å². The van der Waals surface area contributed by atoms with Crippen LogP contribution in [-0.4, -0.2) is 39.9 Å². The number of alkyl halides is 3. The van der Waals surface area contributed by atoms with E-state index < -0.39 is 18.3 Å². The zero-order valence-electron chi connectivity index (χ0n) is 15.7. The van der Waals surface area contributed by atoms with Gasteiger partial charge in [-0.2, -0.15) is 18.3 Å². The third-order valence-corrected chi connectivity index (χ3v) is 5.59. The summed E-state index contributed by atoms with van der Waals surface area (Å²) in [4.78, 5) is 14.6. The Kier molecular flexibility index (Phi) is 4.81. The van der Waals surface area contributed by atoms with E-state index in [4.69, 9.17) is 0 Å². The summed E-state index contributed by atoms with van der Waals surface area (Å²) in [7, 11) is 0. The van der Waals surface area contributed by atoms with Crippen molar-refractivity contribution < 1.29 is 18.0 Å². The highest BCUT2D eigenvalue weighted by atomic mass is 19.4. The topological polar surface area (TPSA) is 50.2 Å². The molecule has 3 heterocycles. The summed E-state index contributed by atoms with van der Waals surface area (Å²) in [6, 6.07) is 5.12. The Morgan fingerprint density at radius 2 is 1.82 bits per heavy atom. The molecule has 1 N–H and O–H groups in total. The van der Waals surface area contributed by atoms with Crippen molar-refractivity contribution in [2.75, 3.05) is 18.4 Å². The van der Waals surface area contributed by atoms with Crippen LogP contribution in [0.4, 0.5) is 19.0 Å². The number of carbonyl (C=O) groups is 1. The van der Waals surface area contributed by atoms with Crippen LogP contribution >= 0.6 is 0 Å². The molecule has 1 fully saturated rings. The van der Waals surface area contributed by atoms with Gasteiger partial charge in [0.2, 0.25) is 0 Å². The van der Waals surface area contributed by atoms with Crippen molar-refractivity contribution in [1.29, 1.82) is 0 Å². The Balaban J connectivity index is 1.70. The first-order valence-electron chi connectivity index (χ1n) is 9.61. The van der Waals surface area contributed by atoms with Crippen molar-refractivity contribution in [2.24, 2.45) is 0 Å². The lowest BCUT2D eigenvalue weighted by Crippen LogP contribution is -2.38. The fourth-order valence-electron chi connectivity index (χ4n) is 4.00. The quantitative estimate of drug-likeness (QED) is 0.820. The van der Waals surface area contributed by atoms with Crippen LogP contribution in [0, 0.1) is 6.92 Å². The lowest BCUT2D eigenvalue weighted by atomic mass is 9.96. The number of halogens is 3. The van der Waals surface area contributed by atoms with Crippen molar-refractivity contribution in [3.8, 4) is 0 Å². The maximum atomic E-state index is 13.8. The molecule has 1 amide bonds. The minimum Gasteiger partial charge on any atom is -0.363 e. The lowest BCUT2D eigenvalue weighted by molar-refractivity contribution is -0.173. The third kappa shape index (κ3) is 3.47. The van der Waals surface area contributed by atoms with E-state index in [2.05, 4.69) is 10.4 Å². The van der Waals surface area contributed by atoms with Gasteiger partial charge in [-0.05, 0) is 31.7 Å². The number of fused-ring (bicyclic) bond motifs is 1. The zero-order chi connectivity index (χ0) is 19.9. The number of amides is 1. The van der Waals surface area contributed by atoms with Crippen LogP contribution in [0.5, 0.6) is 0 Å². The van der Waals surface area contributed by atoms with Crippen LogP contribution in [-0.2, 0) is 0 Å². The van der Waals surface area contributed by atoms with Gasteiger partial charge in [-0.1, -0.05) is 29.8 Å². The molecule has 0 aliphatic carbocycles. The van der Waals surface area contributed by atoms with Gasteiger partial charge in [0.05, 0.1) is 12.2 Å². The minimum absolute atomic E-state index is 0.162. The number of aryl methyl sites for hydroxylation is 1. The first-order valence-corrected chi connectivity index (χ1v) is 9.61. The molecule has 2 aromatic rings. The van der Waals surface area contributed by atoms with Crippen molar-refractivity contribution in [3.63, 3.8) is 0 Å². The maximum absolute atomic E-state index is 13.8. The monoisotopic (exact) mass is 392 g/mol. The number of hydrogen-bond acceptors (Lipinski definition) is 3. The summed E-state index contributed by atoms with van der Waals surface area (Å²) in [5, 5.41) is 7.11. The van der Waals surface area contributed by atoms with Gasteiger partial charge < -0.3 is 10.2 Å². The predicted octanol–water partition coefficient (Wildman–Crippen LogP) is 4.48. The Morgan fingerprint density at radius 3 is 2.46 bits per heavy atom. The van der Waals surface area contributed by atoms with Gasteiger partial charge in [-0.15, -0.1) is 0 Å². The second kappa shape index (κ2) is 7.14. The van der Waals surface area contributed by atoms with E-state index in [1.165, 1.54) is 6.20 Å². The number of hydrogen-bond donors (Lipinski definition) is 1. The highest BCUT2D eigenvalue weighted by Crippen LogP contribution is 2.44. The summed E-state index contributed by atoms with van der Waals surface area (Å²) >= 11 is 0. The van der Waals surface area contributed by atoms with E-state index in [0.29, 0.717) is 13.1 Å². The molecular weight excluding hydrogens is 369 g/mol. The molecule has 1 saturated heterocycles. The fourth-order valence-corrected chi connectivity index (χ4v) is 4.00. The summed E-state index contributed by atoms with van der Waals surface area (Å²) in [6.45, 7) is 3.20. The number of piperidine rings is 1. The van der Waals surface area contributed by atoms with E-state index in [-0.39, 0.29) is 23.7 Å². The molecule has 0 bridgehead atoms. The van der Waals surface area contributed by atoms with Gasteiger partial charge in [0.15, 0.2) is 6.04 Å². The molecule has 0 spiro atoms. The predicted molar refractivity (Wildman–Crippen MR) is 99.2 cm³/mol. The molecule has 0 radical (unpaired) electrons. The van der Waals surface area contributed by atoms with Gasteiger partial charge in [-0.25, -0.2) is 4.68 Å². The standard InChI is InChI=1S/C20H23F3N4O/c1-13-5-7-14(8-6-13)16-11-17(20(21,22)23)27-18(25-16)15(12-24-27)19(28)26-9-3-2-4-10-26/h5-8,12,16-17,25H,2-4,9-11H2,1H3/t16-,17+/m1/s1. The van der Waals surface area contributed by atoms with Crippen LogP contribution in [0.25, 0.3) is 0 Å². The maximum Gasteiger partial charge on any atom is 0.410 e. The Morgan fingerprint density at radius 1 is 1.14 bits per heavy atom. The van der Waals surface area contributed by atoms with Crippen LogP contribution in [0.1, 0.15) is 59.3 Å². The number of benzene rings is 1. The second-order valence-electron chi connectivity index (χ2n) is 7.61. The molecule has 4 rings (SSSR count). The first kappa shape index (κ1) is 18.8. The molecule has 8 heteroatoms. The van der Waals surface area contributed by atoms with E-state index in [1.54, 1.807) is 4.90 Å². The second-order valence-corrected chi connectivity index (χ2v) is 7.61. The number of aromatic nitrogens is 2. The van der Waals surface area contributed by atoms with Gasteiger partial charge in [0.1, 0.15) is 11.4 Å². The Labute approximate surface area is 161 Å². The highest BCUT2D eigenvalue weighted by molar-refractivity contribution is 5.99. The molecule has 5 nitrogen and oxygen atoms in total. The zero-order valence-corrected chi connectivity index (χ0v) is 15.7. The molecule has 0 unspecified atom stereocenters. The van der Waals surface area contributed by atoms with Crippen LogP contribution in [0.15, 0.2) is 30.5 Å². The molecular formula is C20H23F3N4O. The minimum atomic E-state index is -4.45. The van der Waals surface area contributed by atoms with E-state index >= 15 is 0 Å². The summed E-state index contributed by atoms with van der Waals surface area (Å²) < 4.78 is 42.2. The van der Waals surface area contributed by atoms with Gasteiger partial charge >= 0.3 is 6.18 Å². The van der Waals surface area contributed by atoms with Crippen molar-refractivity contribution in [2.45, 2.75) is 50.9 Å². The van der Waals surface area contributed by atoms with E-state index in [9.17, 15) is 18.0 Å². The molecule has 28 heavy (non-hydrogen) atoms. The van der Waals surface area contributed by atoms with Crippen molar-refractivity contribution >= 4 is 11.7 Å². The molecule has 0 saturated carbocycles.